The second kappa shape index (κ2) is 13.3. The number of aliphatic hydroxyl groups is 3. The van der Waals surface area contributed by atoms with Gasteiger partial charge in [-0.3, -0.25) is 4.57 Å². The molecule has 1 aromatic carbocycles. The Balaban J connectivity index is 1.30. The Morgan fingerprint density at radius 2 is 1.88 bits per heavy atom. The maximum Gasteiger partial charge on any atom is 0.226 e. The monoisotopic (exact) mass is 593 g/mol. The second-order valence-corrected chi connectivity index (χ2v) is 10.9. The third kappa shape index (κ3) is 6.31. The van der Waals surface area contributed by atoms with Crippen molar-refractivity contribution in [2.45, 2.75) is 63.7 Å². The number of likely N-dealkylation sites (tertiary alicyclic amines) is 1. The Morgan fingerprint density at radius 1 is 1.07 bits per heavy atom. The fourth-order valence-electron chi connectivity index (χ4n) is 5.65. The highest BCUT2D eigenvalue weighted by molar-refractivity contribution is 5.85. The van der Waals surface area contributed by atoms with Crippen molar-refractivity contribution in [1.29, 1.82) is 0 Å². The lowest BCUT2D eigenvalue weighted by Gasteiger charge is -2.26. The summed E-state index contributed by atoms with van der Waals surface area (Å²) in [5.74, 6) is 1.01. The molecule has 0 saturated carbocycles. The van der Waals surface area contributed by atoms with Gasteiger partial charge in [0.1, 0.15) is 18.9 Å². The molecule has 2 aliphatic heterocycles. The van der Waals surface area contributed by atoms with Crippen LogP contribution in [0.2, 0.25) is 0 Å². The molecule has 15 nitrogen and oxygen atoms in total. The smallest absolute Gasteiger partial charge is 0.226 e. The maximum atomic E-state index is 11.1. The molecule has 2 aliphatic rings. The van der Waals surface area contributed by atoms with E-state index in [0.717, 1.165) is 25.2 Å². The summed E-state index contributed by atoms with van der Waals surface area (Å²) in [4.78, 5) is 19.7. The van der Waals surface area contributed by atoms with E-state index in [1.54, 1.807) is 9.47 Å². The first-order chi connectivity index (χ1) is 21.1. The number of aromatic nitrogens is 8. The second-order valence-electron chi connectivity index (χ2n) is 10.9. The van der Waals surface area contributed by atoms with Crippen LogP contribution in [0.3, 0.4) is 0 Å². The Morgan fingerprint density at radius 3 is 2.63 bits per heavy atom. The van der Waals surface area contributed by atoms with Gasteiger partial charge < -0.3 is 35.2 Å². The Bertz CT molecular complexity index is 1480. The first-order valence-electron chi connectivity index (χ1n) is 15.0. The Hall–Kier alpha value is -3.76. The van der Waals surface area contributed by atoms with E-state index >= 15 is 0 Å². The molecule has 2 saturated heterocycles. The molecule has 0 spiro atoms. The van der Waals surface area contributed by atoms with Crippen LogP contribution in [-0.4, -0.2) is 112 Å². The number of ether oxygens (including phenoxy) is 1. The summed E-state index contributed by atoms with van der Waals surface area (Å²) in [6, 6.07) is 10.0. The molecular formula is C28H39N11O4. The maximum absolute atomic E-state index is 11.1. The zero-order chi connectivity index (χ0) is 29.8. The highest BCUT2D eigenvalue weighted by Gasteiger charge is 2.47. The predicted molar refractivity (Wildman–Crippen MR) is 157 cm³/mol. The van der Waals surface area contributed by atoms with Crippen LogP contribution in [0.1, 0.15) is 49.9 Å². The number of nitrogens with zero attached hydrogens (tertiary/aromatic N) is 10. The van der Waals surface area contributed by atoms with Crippen LogP contribution in [0.25, 0.3) is 11.2 Å². The minimum atomic E-state index is -1.31. The normalized spacial score (nSPS) is 22.8. The molecule has 0 radical (unpaired) electrons. The van der Waals surface area contributed by atoms with Crippen LogP contribution in [0.5, 0.6) is 0 Å². The minimum absolute atomic E-state index is 0.183. The fourth-order valence-corrected chi connectivity index (χ4v) is 5.65. The van der Waals surface area contributed by atoms with E-state index in [1.807, 2.05) is 37.3 Å². The van der Waals surface area contributed by atoms with Gasteiger partial charge in [-0.05, 0) is 50.1 Å². The molecule has 0 amide bonds. The van der Waals surface area contributed by atoms with Crippen molar-refractivity contribution in [2.75, 3.05) is 49.7 Å². The van der Waals surface area contributed by atoms with E-state index in [1.165, 1.54) is 30.4 Å². The number of aryl methyl sites for hydroxylation is 1. The van der Waals surface area contributed by atoms with Crippen molar-refractivity contribution in [3.05, 3.63) is 48.0 Å². The van der Waals surface area contributed by atoms with E-state index in [-0.39, 0.29) is 12.6 Å². The largest absolute Gasteiger partial charge is 0.387 e. The van der Waals surface area contributed by atoms with E-state index in [0.29, 0.717) is 49.0 Å². The van der Waals surface area contributed by atoms with Crippen LogP contribution >= 0.6 is 0 Å². The number of hydrogen-bond donors (Lipinski definition) is 4. The summed E-state index contributed by atoms with van der Waals surface area (Å²) < 4.78 is 7.69. The summed E-state index contributed by atoms with van der Waals surface area (Å²) in [6.07, 6.45) is 1.28. The number of imidazole rings is 1. The van der Waals surface area contributed by atoms with Crippen molar-refractivity contribution >= 4 is 22.9 Å². The van der Waals surface area contributed by atoms with Gasteiger partial charge in [0.05, 0.1) is 12.9 Å². The number of anilines is 2. The van der Waals surface area contributed by atoms with Crippen LogP contribution in [-0.2, 0) is 17.7 Å². The lowest BCUT2D eigenvalue weighted by molar-refractivity contribution is -0.0384. The molecule has 4 atom stereocenters. The van der Waals surface area contributed by atoms with Gasteiger partial charge >= 0.3 is 0 Å². The van der Waals surface area contributed by atoms with Crippen molar-refractivity contribution in [1.82, 2.24) is 44.6 Å². The molecule has 230 valence electrons. The van der Waals surface area contributed by atoms with Crippen molar-refractivity contribution in [3.63, 3.8) is 0 Å². The third-order valence-electron chi connectivity index (χ3n) is 8.06. The standard InChI is InChI=1S/C28H39N11O4/c1-2-39-34-24(33-35-39)23-21(41)22(42)27(43-23)38-17-30-20-25(37(18-40)15-11-19-9-5-3-6-10-19)31-28(32-26(20)38)29-12-16-36-13-7-4-8-14-36/h3,5-6,9-10,17,21-23,27,40-42H,2,4,7-8,11-16,18H2,1H3,(H,29,31,32)/t21-,22+,23-,27+/m0/s1. The number of aliphatic hydroxyl groups excluding tert-OH is 3. The SMILES string of the molecule is CCn1nnc([C@H]2O[C@@H](n3cnc4c(N(CO)CCc5ccccc5)nc(NCCN5CCCCC5)nc43)[C@H](O)[C@@H]2O)n1. The lowest BCUT2D eigenvalue weighted by atomic mass is 10.1. The zero-order valence-corrected chi connectivity index (χ0v) is 24.3. The van der Waals surface area contributed by atoms with E-state index in [9.17, 15) is 15.3 Å². The van der Waals surface area contributed by atoms with E-state index in [4.69, 9.17) is 14.7 Å². The zero-order valence-electron chi connectivity index (χ0n) is 24.3. The fraction of sp³-hybridized carbons (Fsp3) is 0.571. The van der Waals surface area contributed by atoms with Crippen molar-refractivity contribution < 1.29 is 20.1 Å². The number of tetrazole rings is 1. The highest BCUT2D eigenvalue weighted by Crippen LogP contribution is 2.39. The summed E-state index contributed by atoms with van der Waals surface area (Å²) in [6.45, 7) is 6.26. The van der Waals surface area contributed by atoms with E-state index in [2.05, 4.69) is 30.6 Å². The molecule has 0 bridgehead atoms. The molecule has 3 aromatic heterocycles. The molecule has 2 fully saturated rings. The number of hydrogen-bond acceptors (Lipinski definition) is 13. The van der Waals surface area contributed by atoms with Crippen molar-refractivity contribution in [3.8, 4) is 0 Å². The Labute approximate surface area is 249 Å². The molecule has 0 aliphatic carbocycles. The van der Waals surface area contributed by atoms with Gasteiger partial charge in [0.25, 0.3) is 0 Å². The molecule has 4 aromatic rings. The van der Waals surface area contributed by atoms with Gasteiger partial charge in [0.15, 0.2) is 29.3 Å². The summed E-state index contributed by atoms with van der Waals surface area (Å²) in [5, 5.41) is 47.9. The Kier molecular flexibility index (Phi) is 9.04. The number of rotatable bonds is 12. The highest BCUT2D eigenvalue weighted by atomic mass is 16.6. The minimum Gasteiger partial charge on any atom is -0.387 e. The molecule has 15 heteroatoms. The summed E-state index contributed by atoms with van der Waals surface area (Å²) >= 11 is 0. The van der Waals surface area contributed by atoms with Gasteiger partial charge in [-0.15, -0.1) is 10.2 Å². The quantitative estimate of drug-likeness (QED) is 0.169. The lowest BCUT2D eigenvalue weighted by Crippen LogP contribution is -2.34. The summed E-state index contributed by atoms with van der Waals surface area (Å²) in [7, 11) is 0. The third-order valence-corrected chi connectivity index (χ3v) is 8.06. The average molecular weight is 594 g/mol. The van der Waals surface area contributed by atoms with Crippen LogP contribution in [0.15, 0.2) is 36.7 Å². The van der Waals surface area contributed by atoms with Crippen LogP contribution < -0.4 is 10.2 Å². The molecule has 5 heterocycles. The van der Waals surface area contributed by atoms with Crippen LogP contribution in [0.4, 0.5) is 11.8 Å². The molecular weight excluding hydrogens is 554 g/mol. The molecule has 43 heavy (non-hydrogen) atoms. The first kappa shape index (κ1) is 29.3. The number of benzene rings is 1. The topological polar surface area (TPSA) is 176 Å². The number of fused-ring (bicyclic) bond motifs is 1. The predicted octanol–water partition coefficient (Wildman–Crippen LogP) is 0.721. The van der Waals surface area contributed by atoms with Gasteiger partial charge in [-0.1, -0.05) is 36.8 Å². The average Bonchev–Trinajstić information content (AvgIpc) is 3.76. The number of nitrogens with one attached hydrogen (secondary N) is 1. The van der Waals surface area contributed by atoms with Crippen molar-refractivity contribution in [2.24, 2.45) is 0 Å². The molecule has 0 unspecified atom stereocenters. The van der Waals surface area contributed by atoms with Crippen LogP contribution in [0, 0.1) is 0 Å². The number of piperidine rings is 1. The van der Waals surface area contributed by atoms with Gasteiger partial charge in [0.2, 0.25) is 11.8 Å². The molecule has 6 rings (SSSR count). The van der Waals surface area contributed by atoms with Gasteiger partial charge in [-0.2, -0.15) is 14.8 Å². The van der Waals surface area contributed by atoms with E-state index < -0.39 is 24.5 Å². The first-order valence-corrected chi connectivity index (χ1v) is 15.0. The summed E-state index contributed by atoms with van der Waals surface area (Å²) in [5.41, 5.74) is 1.96. The van der Waals surface area contributed by atoms with Gasteiger partial charge in [0, 0.05) is 19.6 Å². The molecule has 4 N–H and O–H groups in total. The van der Waals surface area contributed by atoms with Gasteiger partial charge in [-0.25, -0.2) is 4.98 Å².